The summed E-state index contributed by atoms with van der Waals surface area (Å²) in [5.41, 5.74) is 1.30. The number of aryl methyl sites for hydroxylation is 1. The van der Waals surface area contributed by atoms with E-state index in [0.29, 0.717) is 0 Å². The van der Waals surface area contributed by atoms with Crippen molar-refractivity contribution in [3.8, 4) is 0 Å². The van der Waals surface area contributed by atoms with Crippen molar-refractivity contribution in [3.05, 3.63) is 23.2 Å². The fourth-order valence-electron chi connectivity index (χ4n) is 1.48. The van der Waals surface area contributed by atoms with Gasteiger partial charge in [0.05, 0.1) is 6.54 Å². The molecule has 0 fully saturated rings. The van der Waals surface area contributed by atoms with Crippen LogP contribution in [0.25, 0.3) is 0 Å². The first-order valence-corrected chi connectivity index (χ1v) is 5.64. The van der Waals surface area contributed by atoms with E-state index in [2.05, 4.69) is 37.2 Å². The molecule has 0 saturated heterocycles. The van der Waals surface area contributed by atoms with Crippen molar-refractivity contribution in [2.45, 2.75) is 33.9 Å². The molecule has 1 aromatic heterocycles. The number of nitrogens with zero attached hydrogens (tertiary/aromatic N) is 1. The molecule has 0 radical (unpaired) electrons. The van der Waals surface area contributed by atoms with E-state index in [4.69, 9.17) is 4.42 Å². The molecule has 1 N–H and O–H groups in total. The zero-order valence-corrected chi connectivity index (χ0v) is 10.3. The van der Waals surface area contributed by atoms with E-state index >= 15 is 0 Å². The molecule has 0 atom stereocenters. The minimum absolute atomic E-state index is 0.827. The molecule has 0 unspecified atom stereocenters. The smallest absolute Gasteiger partial charge is 0.118 e. The molecule has 1 heterocycles. The molecular formula is C12H22N2O. The monoisotopic (exact) mass is 210 g/mol. The van der Waals surface area contributed by atoms with E-state index in [-0.39, 0.29) is 0 Å². The van der Waals surface area contributed by atoms with Gasteiger partial charge in [0.2, 0.25) is 0 Å². The quantitative estimate of drug-likeness (QED) is 0.780. The summed E-state index contributed by atoms with van der Waals surface area (Å²) >= 11 is 0. The highest BCUT2D eigenvalue weighted by Crippen LogP contribution is 2.16. The van der Waals surface area contributed by atoms with Gasteiger partial charge in [0.25, 0.3) is 0 Å². The second-order valence-electron chi connectivity index (χ2n) is 3.90. The second-order valence-corrected chi connectivity index (χ2v) is 3.90. The maximum atomic E-state index is 5.67. The van der Waals surface area contributed by atoms with Crippen molar-refractivity contribution in [3.63, 3.8) is 0 Å². The Kier molecular flexibility index (Phi) is 4.85. The van der Waals surface area contributed by atoms with Crippen molar-refractivity contribution >= 4 is 0 Å². The first kappa shape index (κ1) is 12.3. The van der Waals surface area contributed by atoms with Gasteiger partial charge in [-0.3, -0.25) is 0 Å². The number of hydrogen-bond donors (Lipinski definition) is 1. The fourth-order valence-corrected chi connectivity index (χ4v) is 1.48. The standard InChI is InChI=1S/C12H22N2O/c1-5-13-8-12-7-11(10(3)15-12)9-14(4)6-2/h7,13H,5-6,8-9H2,1-4H3. The minimum Gasteiger partial charge on any atom is -0.465 e. The van der Waals surface area contributed by atoms with Gasteiger partial charge in [0, 0.05) is 12.1 Å². The molecular weight excluding hydrogens is 188 g/mol. The Bertz CT molecular complexity index is 294. The average molecular weight is 210 g/mol. The lowest BCUT2D eigenvalue weighted by molar-refractivity contribution is 0.342. The zero-order chi connectivity index (χ0) is 11.3. The van der Waals surface area contributed by atoms with Crippen LogP contribution in [0.15, 0.2) is 10.5 Å². The maximum Gasteiger partial charge on any atom is 0.118 e. The third kappa shape index (κ3) is 3.68. The molecule has 86 valence electrons. The van der Waals surface area contributed by atoms with Gasteiger partial charge < -0.3 is 14.6 Å². The van der Waals surface area contributed by atoms with Gasteiger partial charge in [-0.1, -0.05) is 13.8 Å². The van der Waals surface area contributed by atoms with Crippen molar-refractivity contribution in [2.24, 2.45) is 0 Å². The Balaban J connectivity index is 2.60. The topological polar surface area (TPSA) is 28.4 Å². The fraction of sp³-hybridized carbons (Fsp3) is 0.667. The number of furan rings is 1. The summed E-state index contributed by atoms with van der Waals surface area (Å²) in [6.45, 7) is 10.1. The van der Waals surface area contributed by atoms with Crippen LogP contribution in [0.5, 0.6) is 0 Å². The third-order valence-electron chi connectivity index (χ3n) is 2.60. The highest BCUT2D eigenvalue weighted by Gasteiger charge is 2.08. The first-order valence-electron chi connectivity index (χ1n) is 5.64. The van der Waals surface area contributed by atoms with E-state index in [9.17, 15) is 0 Å². The summed E-state index contributed by atoms with van der Waals surface area (Å²) in [6.07, 6.45) is 0. The molecule has 1 aromatic rings. The number of hydrogen-bond acceptors (Lipinski definition) is 3. The Labute approximate surface area is 92.5 Å². The van der Waals surface area contributed by atoms with E-state index < -0.39 is 0 Å². The summed E-state index contributed by atoms with van der Waals surface area (Å²) in [6, 6.07) is 2.16. The van der Waals surface area contributed by atoms with Crippen molar-refractivity contribution in [1.82, 2.24) is 10.2 Å². The third-order valence-corrected chi connectivity index (χ3v) is 2.60. The second kappa shape index (κ2) is 5.93. The van der Waals surface area contributed by atoms with E-state index in [1.165, 1.54) is 5.56 Å². The van der Waals surface area contributed by atoms with E-state index in [1.54, 1.807) is 0 Å². The maximum absolute atomic E-state index is 5.67. The molecule has 0 bridgehead atoms. The minimum atomic E-state index is 0.827. The van der Waals surface area contributed by atoms with Crippen LogP contribution in [0.2, 0.25) is 0 Å². The summed E-state index contributed by atoms with van der Waals surface area (Å²) in [5.74, 6) is 2.08. The van der Waals surface area contributed by atoms with Gasteiger partial charge in [-0.15, -0.1) is 0 Å². The molecule has 0 aliphatic heterocycles. The lowest BCUT2D eigenvalue weighted by Gasteiger charge is -2.12. The van der Waals surface area contributed by atoms with Gasteiger partial charge in [-0.2, -0.15) is 0 Å². The Morgan fingerprint density at radius 2 is 2.13 bits per heavy atom. The van der Waals surface area contributed by atoms with Crippen LogP contribution in [0.3, 0.4) is 0 Å². The highest BCUT2D eigenvalue weighted by atomic mass is 16.3. The van der Waals surface area contributed by atoms with E-state index in [0.717, 1.165) is 37.7 Å². The van der Waals surface area contributed by atoms with Crippen molar-refractivity contribution in [1.29, 1.82) is 0 Å². The summed E-state index contributed by atoms with van der Waals surface area (Å²) in [7, 11) is 2.12. The predicted molar refractivity (Wildman–Crippen MR) is 62.8 cm³/mol. The lowest BCUT2D eigenvalue weighted by atomic mass is 10.2. The number of rotatable bonds is 6. The summed E-state index contributed by atoms with van der Waals surface area (Å²) in [4.78, 5) is 2.27. The number of nitrogens with one attached hydrogen (secondary N) is 1. The van der Waals surface area contributed by atoms with Gasteiger partial charge in [0.1, 0.15) is 11.5 Å². The molecule has 0 aromatic carbocycles. The van der Waals surface area contributed by atoms with Gasteiger partial charge in [-0.25, -0.2) is 0 Å². The van der Waals surface area contributed by atoms with Crippen LogP contribution in [0.4, 0.5) is 0 Å². The van der Waals surface area contributed by atoms with Crippen LogP contribution >= 0.6 is 0 Å². The van der Waals surface area contributed by atoms with Crippen LogP contribution < -0.4 is 5.32 Å². The van der Waals surface area contributed by atoms with Crippen LogP contribution in [-0.2, 0) is 13.1 Å². The normalized spacial score (nSPS) is 11.3. The van der Waals surface area contributed by atoms with Crippen LogP contribution in [-0.4, -0.2) is 25.0 Å². The van der Waals surface area contributed by atoms with Gasteiger partial charge >= 0.3 is 0 Å². The SMILES string of the molecule is CCNCc1cc(CN(C)CC)c(C)o1. The van der Waals surface area contributed by atoms with Gasteiger partial charge in [0.15, 0.2) is 0 Å². The molecule has 0 spiro atoms. The molecule has 0 saturated carbocycles. The average Bonchev–Trinajstić information content (AvgIpc) is 2.56. The van der Waals surface area contributed by atoms with Gasteiger partial charge in [-0.05, 0) is 33.1 Å². The molecule has 0 amide bonds. The Morgan fingerprint density at radius 3 is 2.73 bits per heavy atom. The largest absolute Gasteiger partial charge is 0.465 e. The van der Waals surface area contributed by atoms with Crippen molar-refractivity contribution < 1.29 is 4.42 Å². The van der Waals surface area contributed by atoms with Crippen LogP contribution in [0.1, 0.15) is 30.9 Å². The zero-order valence-electron chi connectivity index (χ0n) is 10.3. The summed E-state index contributed by atoms with van der Waals surface area (Å²) in [5, 5.41) is 3.27. The Morgan fingerprint density at radius 1 is 1.40 bits per heavy atom. The highest BCUT2D eigenvalue weighted by molar-refractivity contribution is 5.20. The van der Waals surface area contributed by atoms with E-state index in [1.807, 2.05) is 6.92 Å². The summed E-state index contributed by atoms with van der Waals surface area (Å²) < 4.78 is 5.67. The molecule has 0 aliphatic carbocycles. The molecule has 3 heteroatoms. The molecule has 0 aliphatic rings. The first-order chi connectivity index (χ1) is 7.17. The Hall–Kier alpha value is -0.800. The van der Waals surface area contributed by atoms with Crippen LogP contribution in [0, 0.1) is 6.92 Å². The molecule has 15 heavy (non-hydrogen) atoms. The molecule has 1 rings (SSSR count). The molecule has 3 nitrogen and oxygen atoms in total. The predicted octanol–water partition coefficient (Wildman–Crippen LogP) is 2.15. The lowest BCUT2D eigenvalue weighted by Crippen LogP contribution is -2.16. The van der Waals surface area contributed by atoms with Crippen molar-refractivity contribution in [2.75, 3.05) is 20.1 Å².